The van der Waals surface area contributed by atoms with Gasteiger partial charge in [-0.25, -0.2) is 3.63 Å². The average Bonchev–Trinajstić information content (AvgIpc) is 3.32. The van der Waals surface area contributed by atoms with Crippen LogP contribution in [-0.4, -0.2) is 31.7 Å². The topological polar surface area (TPSA) is 43.4 Å². The molecule has 9 rings (SSSR count). The van der Waals surface area contributed by atoms with Crippen LogP contribution in [0.4, 0.5) is 39.5 Å². The molecule has 0 radical (unpaired) electrons. The molecule has 0 bridgehead atoms. The molecule has 14 heteroatoms. The van der Waals surface area contributed by atoms with E-state index in [2.05, 4.69) is 0 Å². The van der Waals surface area contributed by atoms with Gasteiger partial charge in [-0.05, 0) is 112 Å². The van der Waals surface area contributed by atoms with E-state index in [1.54, 1.807) is 36.4 Å². The maximum atomic E-state index is 16.0. The molecule has 0 aliphatic carbocycles. The molecule has 0 saturated carbocycles. The second kappa shape index (κ2) is 16.4. The summed E-state index contributed by atoms with van der Waals surface area (Å²) in [6, 6.07) is 55.7. The van der Waals surface area contributed by atoms with Gasteiger partial charge in [0.25, 0.3) is 0 Å². The van der Waals surface area contributed by atoms with Crippen LogP contribution >= 0.6 is 10.3 Å². The Kier molecular flexibility index (Phi) is 11.1. The Morgan fingerprint density at radius 1 is 0.333 bits per heavy atom. The van der Waals surface area contributed by atoms with Crippen molar-refractivity contribution in [1.82, 2.24) is 0 Å². The molecule has 0 spiro atoms. The van der Waals surface area contributed by atoms with Crippen LogP contribution in [0.3, 0.4) is 0 Å². The Bertz CT molecular complexity index is 3060. The van der Waals surface area contributed by atoms with Crippen molar-refractivity contribution in [3.05, 3.63) is 200 Å². The van der Waals surface area contributed by atoms with E-state index in [4.69, 9.17) is 3.63 Å². The Hall–Kier alpha value is -6.61. The molecule has 0 aliphatic rings. The lowest BCUT2D eigenvalue weighted by atomic mass is 9.98. The molecular weight excluding hydrogens is 908 g/mol. The van der Waals surface area contributed by atoms with Crippen LogP contribution in [0.15, 0.2) is 215 Å². The van der Waals surface area contributed by atoms with E-state index >= 15 is 17.6 Å². The summed E-state index contributed by atoms with van der Waals surface area (Å²) >= 11 is 0. The Morgan fingerprint density at radius 2 is 0.621 bits per heavy atom. The minimum Gasteiger partial charge on any atom is -0.202 e. The first-order valence-corrected chi connectivity index (χ1v) is 23.1. The van der Waals surface area contributed by atoms with Crippen molar-refractivity contribution in [2.45, 2.75) is 38.0 Å². The van der Waals surface area contributed by atoms with Crippen LogP contribution in [0.2, 0.25) is 0 Å². The molecule has 0 amide bonds. The van der Waals surface area contributed by atoms with Gasteiger partial charge in [0.15, 0.2) is 0 Å². The van der Waals surface area contributed by atoms with Crippen molar-refractivity contribution in [2.75, 3.05) is 0 Å². The smallest absolute Gasteiger partial charge is 0.202 e. The number of rotatable bonds is 11. The minimum atomic E-state index is -7.54. The van der Waals surface area contributed by atoms with Crippen molar-refractivity contribution >= 4 is 52.7 Å². The van der Waals surface area contributed by atoms with E-state index in [1.165, 1.54) is 72.8 Å². The highest BCUT2D eigenvalue weighted by atomic mass is 32.3. The van der Waals surface area contributed by atoms with E-state index in [-0.39, 0.29) is 14.7 Å². The van der Waals surface area contributed by atoms with Gasteiger partial charge in [-0.2, -0.15) is 47.9 Å². The molecule has 0 heterocycles. The van der Waals surface area contributed by atoms with Gasteiger partial charge < -0.3 is 0 Å². The van der Waals surface area contributed by atoms with Crippen molar-refractivity contribution < 1.29 is 51.6 Å². The molecule has 0 N–H and O–H groups in total. The average molecular weight is 941 g/mol. The third-order valence-electron chi connectivity index (χ3n) is 11.5. The number of hydrogen-bond acceptors (Lipinski definition) is 3. The zero-order chi connectivity index (χ0) is 46.7. The molecule has 0 atom stereocenters. The predicted molar refractivity (Wildman–Crippen MR) is 241 cm³/mol. The Balaban J connectivity index is 1.29. The Labute approximate surface area is 374 Å². The molecule has 0 fully saturated rings. The summed E-state index contributed by atoms with van der Waals surface area (Å²) in [6.07, 6.45) is -7.29. The number of fused-ring (bicyclic) bond motifs is 3. The summed E-state index contributed by atoms with van der Waals surface area (Å²) in [5, 5.41) is -2.12. The summed E-state index contributed by atoms with van der Waals surface area (Å²) in [4.78, 5) is -0.604. The zero-order valence-electron chi connectivity index (χ0n) is 34.0. The van der Waals surface area contributed by atoms with E-state index in [9.17, 15) is 30.4 Å². The lowest BCUT2D eigenvalue weighted by molar-refractivity contribution is -0.382. The largest absolute Gasteiger partial charge is 0.460 e. The van der Waals surface area contributed by atoms with Gasteiger partial charge in [-0.15, -0.1) is 0 Å². The fraction of sp³-hybridized carbons (Fsp3) is 0.0769. The third-order valence-corrected chi connectivity index (χ3v) is 16.7. The highest BCUT2D eigenvalue weighted by Gasteiger charge is 2.86. The van der Waals surface area contributed by atoms with Crippen molar-refractivity contribution in [3.63, 3.8) is 0 Å². The first kappa shape index (κ1) is 44.6. The molecule has 66 heavy (non-hydrogen) atoms. The molecule has 9 aromatic rings. The van der Waals surface area contributed by atoms with E-state index in [0.29, 0.717) is 33.4 Å². The summed E-state index contributed by atoms with van der Waals surface area (Å²) in [7, 11) is -11.8. The third kappa shape index (κ3) is 7.27. The van der Waals surface area contributed by atoms with Crippen LogP contribution < -0.4 is 0 Å². The SMILES string of the molecule is O=S(=O)(OS(c1ccc(-c2cccc3ccccc23)cc1)(c1ccc(-c2cccc3ccccc23)cc1)c1ccc(-c2cccc3ccccc23)cc1)C(F)(F)C(F)(F)C(F)(F)C(F)(F)F. The van der Waals surface area contributed by atoms with Gasteiger partial charge in [0.1, 0.15) is 0 Å². The predicted octanol–water partition coefficient (Wildman–Crippen LogP) is 16.1. The second-order valence-corrected chi connectivity index (χ2v) is 19.9. The Morgan fingerprint density at radius 3 is 0.924 bits per heavy atom. The molecular formula is C52H33F9O3S2. The fourth-order valence-corrected chi connectivity index (χ4v) is 13.3. The molecule has 0 unspecified atom stereocenters. The normalized spacial score (nSPS) is 13.3. The standard InChI is InChI=1S/C52H33F9O3S2/c53-49(54,51(57,58)59)50(55,56)52(60,61)66(62,63)64-65(40-28-22-37(23-29-40)46-19-7-13-34-10-1-4-16-43(34)46,41-30-24-38(25-31-41)47-20-8-14-35-11-2-5-17-44(35)47)42-32-26-39(27-33-42)48-21-9-15-36-12-3-6-18-45(36)48/h1-33H. The first-order chi connectivity index (χ1) is 31.4. The van der Waals surface area contributed by atoms with Crippen LogP contribution in [0, 0.1) is 0 Å². The summed E-state index contributed by atoms with van der Waals surface area (Å²) in [5.41, 5.74) is 3.75. The number of benzene rings is 9. The molecule has 0 aromatic heterocycles. The summed E-state index contributed by atoms with van der Waals surface area (Å²) in [5.74, 6) is -15.1. The summed E-state index contributed by atoms with van der Waals surface area (Å²) in [6.45, 7) is 0. The maximum Gasteiger partial charge on any atom is 0.460 e. The van der Waals surface area contributed by atoms with Gasteiger partial charge in [0, 0.05) is 14.7 Å². The highest BCUT2D eigenvalue weighted by molar-refractivity contribution is 8.33. The van der Waals surface area contributed by atoms with Gasteiger partial charge >= 0.3 is 33.4 Å². The van der Waals surface area contributed by atoms with E-state index < -0.39 is 43.7 Å². The second-order valence-electron chi connectivity index (χ2n) is 15.4. The number of hydrogen-bond donors (Lipinski definition) is 0. The van der Waals surface area contributed by atoms with Crippen molar-refractivity contribution in [3.8, 4) is 33.4 Å². The lowest BCUT2D eigenvalue weighted by Crippen LogP contribution is -2.63. The lowest BCUT2D eigenvalue weighted by Gasteiger charge is -2.41. The highest BCUT2D eigenvalue weighted by Crippen LogP contribution is 2.72. The van der Waals surface area contributed by atoms with Gasteiger partial charge in [-0.1, -0.05) is 164 Å². The van der Waals surface area contributed by atoms with Gasteiger partial charge in [-0.3, -0.25) is 0 Å². The molecule has 3 nitrogen and oxygen atoms in total. The molecule has 334 valence electrons. The first-order valence-electron chi connectivity index (χ1n) is 20.1. The zero-order valence-corrected chi connectivity index (χ0v) is 35.6. The minimum absolute atomic E-state index is 0.201. The van der Waals surface area contributed by atoms with Crippen LogP contribution in [-0.2, 0) is 13.7 Å². The molecule has 0 saturated heterocycles. The monoisotopic (exact) mass is 940 g/mol. The quantitative estimate of drug-likeness (QED) is 0.121. The molecule has 0 aliphatic heterocycles. The van der Waals surface area contributed by atoms with Crippen molar-refractivity contribution in [2.24, 2.45) is 0 Å². The molecule has 9 aromatic carbocycles. The van der Waals surface area contributed by atoms with E-state index in [0.717, 1.165) is 32.3 Å². The number of alkyl halides is 9. The van der Waals surface area contributed by atoms with E-state index in [1.807, 2.05) is 91.0 Å². The van der Waals surface area contributed by atoms with Gasteiger partial charge in [0.2, 0.25) is 0 Å². The number of halogens is 9. The maximum absolute atomic E-state index is 16.0. The van der Waals surface area contributed by atoms with Crippen LogP contribution in [0.25, 0.3) is 65.7 Å². The van der Waals surface area contributed by atoms with Crippen LogP contribution in [0.5, 0.6) is 0 Å². The van der Waals surface area contributed by atoms with Crippen LogP contribution in [0.1, 0.15) is 0 Å². The van der Waals surface area contributed by atoms with Crippen molar-refractivity contribution in [1.29, 1.82) is 0 Å². The van der Waals surface area contributed by atoms with Gasteiger partial charge in [0.05, 0.1) is 0 Å². The summed E-state index contributed by atoms with van der Waals surface area (Å²) < 4.78 is 165. The fourth-order valence-electron chi connectivity index (χ4n) is 8.13.